The van der Waals surface area contributed by atoms with Gasteiger partial charge in [0.25, 0.3) is 0 Å². The van der Waals surface area contributed by atoms with Gasteiger partial charge in [-0.05, 0) is 37.3 Å². The molecule has 23 heavy (non-hydrogen) atoms. The van der Waals surface area contributed by atoms with Crippen molar-refractivity contribution in [3.05, 3.63) is 58.2 Å². The second kappa shape index (κ2) is 6.22. The fraction of sp³-hybridized carbons (Fsp3) is 0.0588. The van der Waals surface area contributed by atoms with Crippen molar-refractivity contribution in [2.75, 3.05) is 5.32 Å². The van der Waals surface area contributed by atoms with Gasteiger partial charge in [-0.2, -0.15) is 0 Å². The summed E-state index contributed by atoms with van der Waals surface area (Å²) >= 11 is 7.91. The van der Waals surface area contributed by atoms with E-state index in [-0.39, 0.29) is 5.56 Å². The Morgan fingerprint density at radius 3 is 2.78 bits per heavy atom. The molecule has 1 aromatic heterocycles. The largest absolute Gasteiger partial charge is 0.478 e. The van der Waals surface area contributed by atoms with E-state index in [0.29, 0.717) is 10.6 Å². The fourth-order valence-corrected chi connectivity index (χ4v) is 2.96. The van der Waals surface area contributed by atoms with Crippen LogP contribution in [0.1, 0.15) is 15.9 Å². The zero-order valence-corrected chi connectivity index (χ0v) is 14.6. The summed E-state index contributed by atoms with van der Waals surface area (Å²) in [6, 6.07) is 11.0. The highest BCUT2D eigenvalue weighted by atomic mass is 79.9. The number of halogens is 1. The van der Waals surface area contributed by atoms with E-state index < -0.39 is 5.97 Å². The third kappa shape index (κ3) is 3.18. The summed E-state index contributed by atoms with van der Waals surface area (Å²) in [6.07, 6.45) is 1.65. The van der Waals surface area contributed by atoms with Crippen molar-refractivity contribution in [3.63, 3.8) is 0 Å². The Labute approximate surface area is 147 Å². The lowest BCUT2D eigenvalue weighted by atomic mass is 10.1. The van der Waals surface area contributed by atoms with Crippen LogP contribution in [0.4, 0.5) is 11.4 Å². The molecule has 3 rings (SSSR count). The maximum absolute atomic E-state index is 11.5. The van der Waals surface area contributed by atoms with Crippen LogP contribution in [0.3, 0.4) is 0 Å². The van der Waals surface area contributed by atoms with Crippen LogP contribution < -0.4 is 5.32 Å². The zero-order valence-electron chi connectivity index (χ0n) is 12.2. The van der Waals surface area contributed by atoms with E-state index in [9.17, 15) is 9.90 Å². The van der Waals surface area contributed by atoms with Crippen molar-refractivity contribution in [3.8, 4) is 0 Å². The lowest BCUT2D eigenvalue weighted by Crippen LogP contribution is -2.04. The lowest BCUT2D eigenvalue weighted by Gasteiger charge is -2.14. The predicted molar refractivity (Wildman–Crippen MR) is 98.1 cm³/mol. The number of hydrogen-bond acceptors (Lipinski definition) is 4. The highest BCUT2D eigenvalue weighted by molar-refractivity contribution is 9.10. The summed E-state index contributed by atoms with van der Waals surface area (Å²) in [5, 5.41) is 13.5. The number of thiol groups is 1. The number of rotatable bonds is 3. The summed E-state index contributed by atoms with van der Waals surface area (Å²) < 4.78 is 0.913. The molecule has 2 aromatic carbocycles. The Balaban J connectivity index is 2.17. The van der Waals surface area contributed by atoms with Crippen molar-refractivity contribution < 1.29 is 9.90 Å². The maximum atomic E-state index is 11.5. The molecule has 1 heterocycles. The van der Waals surface area contributed by atoms with Crippen molar-refractivity contribution in [1.82, 2.24) is 4.98 Å². The first-order valence-electron chi connectivity index (χ1n) is 6.84. The second-order valence-electron chi connectivity index (χ2n) is 5.16. The monoisotopic (exact) mass is 388 g/mol. The number of aromatic carboxylic acids is 1. The first-order valence-corrected chi connectivity index (χ1v) is 8.08. The van der Waals surface area contributed by atoms with Gasteiger partial charge < -0.3 is 10.4 Å². The number of carbonyl (C=O) groups is 1. The lowest BCUT2D eigenvalue weighted by molar-refractivity contribution is 0.0698. The summed E-state index contributed by atoms with van der Waals surface area (Å²) in [4.78, 5) is 16.5. The van der Waals surface area contributed by atoms with Gasteiger partial charge in [-0.3, -0.25) is 4.98 Å². The molecule has 116 valence electrons. The van der Waals surface area contributed by atoms with Crippen molar-refractivity contribution in [1.29, 1.82) is 0 Å². The Bertz CT molecular complexity index is 923. The quantitative estimate of drug-likeness (QED) is 0.550. The Hall–Kier alpha value is -2.05. The Kier molecular flexibility index (Phi) is 4.28. The number of pyridine rings is 1. The molecule has 0 aliphatic heterocycles. The fourth-order valence-electron chi connectivity index (χ4n) is 2.36. The molecule has 0 atom stereocenters. The Morgan fingerprint density at radius 1 is 1.26 bits per heavy atom. The number of hydrogen-bond donors (Lipinski definition) is 3. The molecule has 0 saturated heterocycles. The minimum atomic E-state index is -0.976. The predicted octanol–water partition coefficient (Wildman–Crippen LogP) is 5.04. The second-order valence-corrected chi connectivity index (χ2v) is 6.56. The summed E-state index contributed by atoms with van der Waals surface area (Å²) in [6.45, 7) is 1.86. The molecule has 2 N–H and O–H groups in total. The highest BCUT2D eigenvalue weighted by Crippen LogP contribution is 2.34. The van der Waals surface area contributed by atoms with Gasteiger partial charge in [-0.1, -0.05) is 27.6 Å². The summed E-state index contributed by atoms with van der Waals surface area (Å²) in [5.41, 5.74) is 3.16. The van der Waals surface area contributed by atoms with E-state index in [1.54, 1.807) is 18.3 Å². The van der Waals surface area contributed by atoms with Crippen LogP contribution in [-0.2, 0) is 0 Å². The van der Waals surface area contributed by atoms with E-state index in [4.69, 9.17) is 0 Å². The minimum absolute atomic E-state index is 0.220. The number of nitrogens with zero attached hydrogens (tertiary/aromatic N) is 1. The van der Waals surface area contributed by atoms with E-state index in [0.717, 1.165) is 26.6 Å². The van der Waals surface area contributed by atoms with E-state index >= 15 is 0 Å². The number of aromatic nitrogens is 1. The van der Waals surface area contributed by atoms with Crippen molar-refractivity contribution >= 4 is 56.8 Å². The molecule has 0 aliphatic carbocycles. The van der Waals surface area contributed by atoms with Gasteiger partial charge in [0, 0.05) is 21.0 Å². The van der Waals surface area contributed by atoms with Crippen LogP contribution in [0.2, 0.25) is 0 Å². The molecule has 6 heteroatoms. The first kappa shape index (κ1) is 15.8. The van der Waals surface area contributed by atoms with Crippen molar-refractivity contribution in [2.24, 2.45) is 0 Å². The van der Waals surface area contributed by atoms with Gasteiger partial charge in [0.2, 0.25) is 0 Å². The third-order valence-corrected chi connectivity index (χ3v) is 4.31. The van der Waals surface area contributed by atoms with Crippen LogP contribution >= 0.6 is 28.6 Å². The number of anilines is 2. The van der Waals surface area contributed by atoms with Crippen LogP contribution in [0.5, 0.6) is 0 Å². The van der Waals surface area contributed by atoms with Gasteiger partial charge in [0.15, 0.2) is 0 Å². The average Bonchev–Trinajstić information content (AvgIpc) is 2.51. The van der Waals surface area contributed by atoms with Crippen LogP contribution in [0.25, 0.3) is 10.9 Å². The number of benzene rings is 2. The molecule has 0 unspecified atom stereocenters. The molecule has 0 fully saturated rings. The van der Waals surface area contributed by atoms with Gasteiger partial charge in [0.1, 0.15) is 0 Å². The molecule has 0 saturated carbocycles. The molecule has 4 nitrogen and oxygen atoms in total. The smallest absolute Gasteiger partial charge is 0.337 e. The number of nitrogens with one attached hydrogen (secondary N) is 1. The van der Waals surface area contributed by atoms with Crippen LogP contribution in [0, 0.1) is 6.92 Å². The maximum Gasteiger partial charge on any atom is 0.337 e. The zero-order chi connectivity index (χ0) is 16.6. The molecule has 0 radical (unpaired) electrons. The number of carboxylic acid groups (broad SMARTS) is 1. The van der Waals surface area contributed by atoms with Gasteiger partial charge in [-0.15, -0.1) is 12.6 Å². The topological polar surface area (TPSA) is 62.2 Å². The normalized spacial score (nSPS) is 10.7. The van der Waals surface area contributed by atoms with Crippen LogP contribution in [-0.4, -0.2) is 16.1 Å². The molecule has 0 amide bonds. The minimum Gasteiger partial charge on any atom is -0.478 e. The summed E-state index contributed by atoms with van der Waals surface area (Å²) in [5.74, 6) is -0.976. The molecular formula is C17H13BrN2O2S. The molecular weight excluding hydrogens is 376 g/mol. The number of aryl methyl sites for hydroxylation is 1. The summed E-state index contributed by atoms with van der Waals surface area (Å²) in [7, 11) is 0. The highest BCUT2D eigenvalue weighted by Gasteiger charge is 2.13. The first-order chi connectivity index (χ1) is 11.0. The standard InChI is InChI=1S/C17H13BrN2O2S/c1-9-2-4-14(12(6-9)17(21)22)20-16-11-7-10(18)3-5-13(11)19-8-15(16)23/h2-8,23H,1H3,(H,19,20)(H,21,22). The number of fused-ring (bicyclic) bond motifs is 1. The average molecular weight is 389 g/mol. The van der Waals surface area contributed by atoms with Gasteiger partial charge in [-0.25, -0.2) is 4.79 Å². The van der Waals surface area contributed by atoms with E-state index in [1.165, 1.54) is 0 Å². The van der Waals surface area contributed by atoms with Crippen LogP contribution in [0.15, 0.2) is 52.0 Å². The Morgan fingerprint density at radius 2 is 2.04 bits per heavy atom. The van der Waals surface area contributed by atoms with Gasteiger partial charge >= 0.3 is 5.97 Å². The molecule has 0 bridgehead atoms. The molecule has 0 aliphatic rings. The molecule has 3 aromatic rings. The van der Waals surface area contributed by atoms with E-state index in [1.807, 2.05) is 31.2 Å². The molecule has 0 spiro atoms. The third-order valence-electron chi connectivity index (χ3n) is 3.48. The van der Waals surface area contributed by atoms with Gasteiger partial charge in [0.05, 0.1) is 22.5 Å². The number of carboxylic acids is 1. The van der Waals surface area contributed by atoms with Crippen molar-refractivity contribution in [2.45, 2.75) is 11.8 Å². The SMILES string of the molecule is Cc1ccc(Nc2c(S)cnc3ccc(Br)cc23)c(C(=O)O)c1. The van der Waals surface area contributed by atoms with E-state index in [2.05, 4.69) is 38.9 Å².